The fourth-order valence-corrected chi connectivity index (χ4v) is 3.98. The number of amides is 1. The fraction of sp³-hybridized carbons (Fsp3) is 0.100. The maximum absolute atomic E-state index is 12.8. The lowest BCUT2D eigenvalue weighted by Crippen LogP contribution is -3.00. The Morgan fingerprint density at radius 2 is 1.36 bits per heavy atom. The van der Waals surface area contributed by atoms with Gasteiger partial charge in [0.15, 0.2) is 12.4 Å². The lowest BCUT2D eigenvalue weighted by molar-refractivity contribution is -0.671. The van der Waals surface area contributed by atoms with Crippen LogP contribution in [0.25, 0.3) is 10.9 Å². The van der Waals surface area contributed by atoms with Crippen molar-refractivity contribution in [1.82, 2.24) is 4.98 Å². The molecule has 0 radical (unpaired) electrons. The van der Waals surface area contributed by atoms with E-state index in [4.69, 9.17) is 0 Å². The summed E-state index contributed by atoms with van der Waals surface area (Å²) in [5.74, 6) is -0.157. The molecule has 0 unspecified atom stereocenters. The van der Waals surface area contributed by atoms with Crippen LogP contribution in [0.1, 0.15) is 10.4 Å². The number of hydrogen-bond donors (Lipinski definition) is 3. The van der Waals surface area contributed by atoms with Gasteiger partial charge in [-0.15, -0.1) is 12.4 Å². The predicted molar refractivity (Wildman–Crippen MR) is 158 cm³/mol. The van der Waals surface area contributed by atoms with Crippen LogP contribution < -0.4 is 37.8 Å². The molecule has 2 aromatic heterocycles. The van der Waals surface area contributed by atoms with Gasteiger partial charge in [0.05, 0.1) is 11.2 Å². The van der Waals surface area contributed by atoms with Crippen molar-refractivity contribution in [3.63, 3.8) is 0 Å². The lowest BCUT2D eigenvalue weighted by atomic mass is 10.1. The second-order valence-electron chi connectivity index (χ2n) is 9.07. The second kappa shape index (κ2) is 13.0. The van der Waals surface area contributed by atoms with Crippen LogP contribution in [0.15, 0.2) is 104 Å². The standard InChI is InChI=1S/C30H28N6O.2ClH/c1-35(2)26-12-13-27-28(14-17-31-29(27)20-26)33-23-8-10-24(11-9-23)34-30(37)21-4-6-22(7-5-21)32-25-15-18-36(3)19-16-25;;/h4-20H,1-3H3,(H2,31,33,34,37);2*1H. The van der Waals surface area contributed by atoms with E-state index in [1.165, 1.54) is 0 Å². The Hall–Kier alpha value is -4.33. The summed E-state index contributed by atoms with van der Waals surface area (Å²) < 4.78 is 1.98. The van der Waals surface area contributed by atoms with Gasteiger partial charge in [-0.1, -0.05) is 0 Å². The zero-order valence-corrected chi connectivity index (χ0v) is 23.4. The number of hydrogen-bond acceptors (Lipinski definition) is 5. The molecule has 2 heterocycles. The number of aryl methyl sites for hydroxylation is 1. The molecule has 39 heavy (non-hydrogen) atoms. The molecule has 0 bridgehead atoms. The third-order valence-corrected chi connectivity index (χ3v) is 6.08. The summed E-state index contributed by atoms with van der Waals surface area (Å²) >= 11 is 0. The van der Waals surface area contributed by atoms with Gasteiger partial charge in [0.25, 0.3) is 5.91 Å². The molecule has 0 saturated carbocycles. The van der Waals surface area contributed by atoms with Crippen molar-refractivity contribution in [2.75, 3.05) is 34.9 Å². The Labute approximate surface area is 240 Å². The first-order chi connectivity index (χ1) is 17.9. The first-order valence-electron chi connectivity index (χ1n) is 12.0. The van der Waals surface area contributed by atoms with E-state index >= 15 is 0 Å². The second-order valence-corrected chi connectivity index (χ2v) is 9.07. The highest BCUT2D eigenvalue weighted by molar-refractivity contribution is 6.04. The van der Waals surface area contributed by atoms with Crippen molar-refractivity contribution >= 4 is 63.3 Å². The summed E-state index contributed by atoms with van der Waals surface area (Å²) in [4.78, 5) is 19.3. The molecule has 5 aromatic rings. The van der Waals surface area contributed by atoms with Crippen molar-refractivity contribution in [3.05, 3.63) is 109 Å². The Bertz CT molecular complexity index is 1540. The summed E-state index contributed by atoms with van der Waals surface area (Å²) in [6.45, 7) is 0. The number of carbonyl (C=O) groups is 1. The van der Waals surface area contributed by atoms with Gasteiger partial charge in [0.1, 0.15) is 7.05 Å². The largest absolute Gasteiger partial charge is 1.00 e. The molecule has 200 valence electrons. The highest BCUT2D eigenvalue weighted by atomic mass is 35.5. The molecule has 3 aromatic carbocycles. The molecular weight excluding hydrogens is 531 g/mol. The molecule has 0 saturated heterocycles. The smallest absolute Gasteiger partial charge is 0.255 e. The molecule has 5 rings (SSSR count). The number of aromatic nitrogens is 2. The van der Waals surface area contributed by atoms with E-state index in [1.54, 1.807) is 6.20 Å². The van der Waals surface area contributed by atoms with E-state index in [1.807, 2.05) is 105 Å². The number of carbonyl (C=O) groups excluding carboxylic acids is 1. The van der Waals surface area contributed by atoms with Gasteiger partial charge in [0, 0.05) is 71.8 Å². The van der Waals surface area contributed by atoms with Crippen LogP contribution in [-0.2, 0) is 7.05 Å². The lowest BCUT2D eigenvalue weighted by Gasteiger charge is -2.15. The minimum atomic E-state index is -0.157. The third-order valence-electron chi connectivity index (χ3n) is 6.08. The molecule has 7 nitrogen and oxygen atoms in total. The Kier molecular flexibility index (Phi) is 9.71. The number of halogens is 2. The molecule has 0 aliphatic rings. The summed E-state index contributed by atoms with van der Waals surface area (Å²) in [6.07, 6.45) is 5.76. The monoisotopic (exact) mass is 560 g/mol. The van der Waals surface area contributed by atoms with Crippen molar-refractivity contribution in [2.24, 2.45) is 7.05 Å². The van der Waals surface area contributed by atoms with E-state index in [-0.39, 0.29) is 30.7 Å². The van der Waals surface area contributed by atoms with E-state index in [2.05, 4.69) is 44.0 Å². The van der Waals surface area contributed by atoms with Crippen LogP contribution in [0.4, 0.5) is 34.1 Å². The van der Waals surface area contributed by atoms with Crippen molar-refractivity contribution in [2.45, 2.75) is 0 Å². The molecule has 1 amide bonds. The van der Waals surface area contributed by atoms with Crippen LogP contribution in [0.5, 0.6) is 0 Å². The number of pyridine rings is 2. The van der Waals surface area contributed by atoms with Gasteiger partial charge in [-0.3, -0.25) is 9.78 Å². The topological polar surface area (TPSA) is 73.2 Å². The predicted octanol–water partition coefficient (Wildman–Crippen LogP) is 3.29. The van der Waals surface area contributed by atoms with Gasteiger partial charge in [-0.25, -0.2) is 4.57 Å². The fourth-order valence-electron chi connectivity index (χ4n) is 3.98. The average Bonchev–Trinajstić information content (AvgIpc) is 2.91. The first kappa shape index (κ1) is 29.2. The molecule has 3 N–H and O–H groups in total. The van der Waals surface area contributed by atoms with Gasteiger partial charge in [0.2, 0.25) is 0 Å². The summed E-state index contributed by atoms with van der Waals surface area (Å²) in [6, 6.07) is 27.3. The van der Waals surface area contributed by atoms with Gasteiger partial charge < -0.3 is 33.3 Å². The molecule has 0 fully saturated rings. The molecule has 9 heteroatoms. The summed E-state index contributed by atoms with van der Waals surface area (Å²) in [5.41, 5.74) is 7.16. The molecule has 0 aliphatic heterocycles. The molecular formula is C30H30Cl2N6O. The van der Waals surface area contributed by atoms with Crippen molar-refractivity contribution in [3.8, 4) is 0 Å². The SMILES string of the molecule is CN(C)c1ccc2c(Nc3ccc(NC(=O)c4ccc(Nc5cc[n+](C)cc5)cc4)cc3)ccnc2c1.Cl.[Cl-]. The molecule has 0 spiro atoms. The van der Waals surface area contributed by atoms with Gasteiger partial charge >= 0.3 is 0 Å². The zero-order valence-electron chi connectivity index (χ0n) is 21.9. The Balaban J connectivity index is 0.00000210. The number of benzene rings is 3. The average molecular weight is 562 g/mol. The maximum atomic E-state index is 12.8. The highest BCUT2D eigenvalue weighted by Gasteiger charge is 2.08. The Morgan fingerprint density at radius 3 is 2.03 bits per heavy atom. The van der Waals surface area contributed by atoms with Crippen LogP contribution >= 0.6 is 12.4 Å². The maximum Gasteiger partial charge on any atom is 0.255 e. The number of nitrogens with zero attached hydrogens (tertiary/aromatic N) is 3. The normalized spacial score (nSPS) is 10.1. The third kappa shape index (κ3) is 7.16. The first-order valence-corrected chi connectivity index (χ1v) is 12.0. The van der Waals surface area contributed by atoms with Crippen molar-refractivity contribution in [1.29, 1.82) is 0 Å². The number of anilines is 6. The van der Waals surface area contributed by atoms with Crippen LogP contribution in [0.3, 0.4) is 0 Å². The van der Waals surface area contributed by atoms with Crippen LogP contribution in [0, 0.1) is 0 Å². The van der Waals surface area contributed by atoms with E-state index in [0.29, 0.717) is 5.56 Å². The van der Waals surface area contributed by atoms with Crippen LogP contribution in [-0.4, -0.2) is 25.0 Å². The summed E-state index contributed by atoms with van der Waals surface area (Å²) in [5, 5.41) is 10.8. The van der Waals surface area contributed by atoms with Gasteiger partial charge in [-0.2, -0.15) is 0 Å². The molecule has 0 aliphatic carbocycles. The number of rotatable bonds is 7. The Morgan fingerprint density at radius 1 is 0.769 bits per heavy atom. The quantitative estimate of drug-likeness (QED) is 0.266. The highest BCUT2D eigenvalue weighted by Crippen LogP contribution is 2.28. The van der Waals surface area contributed by atoms with E-state index < -0.39 is 0 Å². The molecule has 0 atom stereocenters. The minimum absolute atomic E-state index is 0. The van der Waals surface area contributed by atoms with Crippen molar-refractivity contribution < 1.29 is 21.8 Å². The number of fused-ring (bicyclic) bond motifs is 1. The summed E-state index contributed by atoms with van der Waals surface area (Å²) in [7, 11) is 6.01. The van der Waals surface area contributed by atoms with E-state index in [0.717, 1.165) is 45.0 Å². The van der Waals surface area contributed by atoms with Crippen LogP contribution in [0.2, 0.25) is 0 Å². The zero-order chi connectivity index (χ0) is 25.8. The number of nitrogens with one attached hydrogen (secondary N) is 3. The van der Waals surface area contributed by atoms with E-state index in [9.17, 15) is 4.79 Å². The minimum Gasteiger partial charge on any atom is -1.00 e. The van der Waals surface area contributed by atoms with Gasteiger partial charge in [-0.05, 0) is 72.8 Å².